The Morgan fingerprint density at radius 3 is 3.17 bits per heavy atom. The summed E-state index contributed by atoms with van der Waals surface area (Å²) >= 11 is 0. The fourth-order valence-electron chi connectivity index (χ4n) is 1.71. The number of benzene rings is 1. The van der Waals surface area contributed by atoms with Crippen molar-refractivity contribution in [2.75, 3.05) is 6.61 Å². The first-order chi connectivity index (χ1) is 8.81. The highest BCUT2D eigenvalue weighted by Gasteiger charge is 2.01. The molecule has 0 saturated heterocycles. The molecular formula is C13H15N3O2. The molecule has 0 aliphatic rings. The van der Waals surface area contributed by atoms with Gasteiger partial charge in [0, 0.05) is 29.7 Å². The van der Waals surface area contributed by atoms with Gasteiger partial charge in [-0.25, -0.2) is 10.2 Å². The van der Waals surface area contributed by atoms with Gasteiger partial charge in [-0.2, -0.15) is 5.10 Å². The van der Waals surface area contributed by atoms with Crippen molar-refractivity contribution >= 4 is 23.2 Å². The number of hydrogen-bond donors (Lipinski definition) is 2. The summed E-state index contributed by atoms with van der Waals surface area (Å²) in [7, 11) is 0. The van der Waals surface area contributed by atoms with Gasteiger partial charge >= 0.3 is 6.09 Å². The minimum atomic E-state index is -0.535. The van der Waals surface area contributed by atoms with E-state index in [9.17, 15) is 4.79 Å². The monoisotopic (exact) mass is 245 g/mol. The molecule has 18 heavy (non-hydrogen) atoms. The average molecular weight is 245 g/mol. The number of carbonyl (C=O) groups excluding carboxylic acids is 1. The van der Waals surface area contributed by atoms with E-state index in [0.29, 0.717) is 13.0 Å². The van der Waals surface area contributed by atoms with Crippen molar-refractivity contribution in [1.82, 2.24) is 10.4 Å². The van der Waals surface area contributed by atoms with Crippen molar-refractivity contribution < 1.29 is 9.53 Å². The van der Waals surface area contributed by atoms with Crippen LogP contribution in [0.4, 0.5) is 4.79 Å². The van der Waals surface area contributed by atoms with Crippen LogP contribution in [0.25, 0.3) is 10.9 Å². The number of ether oxygens (including phenoxy) is 1. The lowest BCUT2D eigenvalue weighted by molar-refractivity contribution is 0.152. The first-order valence-corrected chi connectivity index (χ1v) is 5.80. The van der Waals surface area contributed by atoms with E-state index in [0.717, 1.165) is 11.1 Å². The molecule has 0 atom stereocenters. The predicted molar refractivity (Wildman–Crippen MR) is 70.7 cm³/mol. The van der Waals surface area contributed by atoms with Crippen LogP contribution in [-0.4, -0.2) is 23.9 Å². The van der Waals surface area contributed by atoms with Gasteiger partial charge in [-0.05, 0) is 18.6 Å². The molecule has 1 aromatic heterocycles. The summed E-state index contributed by atoms with van der Waals surface area (Å²) in [5.41, 5.74) is 4.53. The minimum Gasteiger partial charge on any atom is -0.449 e. The van der Waals surface area contributed by atoms with E-state index in [1.54, 1.807) is 13.1 Å². The molecule has 2 aromatic rings. The Hall–Kier alpha value is -2.30. The minimum absolute atomic E-state index is 0.337. The Labute approximate surface area is 105 Å². The van der Waals surface area contributed by atoms with Gasteiger partial charge in [0.25, 0.3) is 0 Å². The van der Waals surface area contributed by atoms with E-state index in [-0.39, 0.29) is 0 Å². The molecule has 0 fully saturated rings. The molecule has 94 valence electrons. The second kappa shape index (κ2) is 5.86. The second-order valence-electron chi connectivity index (χ2n) is 3.71. The number of rotatable bonds is 4. The first-order valence-electron chi connectivity index (χ1n) is 5.80. The molecular weight excluding hydrogens is 230 g/mol. The standard InChI is InChI=1S/C13H15N3O2/c1-2-18-13(17)16-15-8-7-10-9-14-12-6-4-3-5-11(10)12/h3-6,8-9,14H,2,7H2,1H3,(H,16,17). The summed E-state index contributed by atoms with van der Waals surface area (Å²) in [4.78, 5) is 14.1. The molecule has 0 saturated carbocycles. The number of aromatic nitrogens is 1. The van der Waals surface area contributed by atoms with Crippen molar-refractivity contribution in [1.29, 1.82) is 0 Å². The van der Waals surface area contributed by atoms with Crippen molar-refractivity contribution in [3.05, 3.63) is 36.0 Å². The Morgan fingerprint density at radius 2 is 2.33 bits per heavy atom. The normalized spacial score (nSPS) is 10.9. The summed E-state index contributed by atoms with van der Waals surface area (Å²) in [6.45, 7) is 2.08. The number of hydrogen-bond acceptors (Lipinski definition) is 3. The van der Waals surface area contributed by atoms with Crippen molar-refractivity contribution in [2.24, 2.45) is 5.10 Å². The fraction of sp³-hybridized carbons (Fsp3) is 0.231. The Balaban J connectivity index is 1.94. The van der Waals surface area contributed by atoms with Crippen LogP contribution in [0.5, 0.6) is 0 Å². The summed E-state index contributed by atoms with van der Waals surface area (Å²) < 4.78 is 4.68. The third-order valence-electron chi connectivity index (χ3n) is 2.51. The third kappa shape index (κ3) is 2.88. The fourth-order valence-corrected chi connectivity index (χ4v) is 1.71. The summed E-state index contributed by atoms with van der Waals surface area (Å²) in [6, 6.07) is 8.05. The molecule has 0 radical (unpaired) electrons. The number of aromatic amines is 1. The summed E-state index contributed by atoms with van der Waals surface area (Å²) in [5, 5.41) is 4.97. The number of hydrazone groups is 1. The predicted octanol–water partition coefficient (Wildman–Crippen LogP) is 2.44. The highest BCUT2D eigenvalue weighted by molar-refractivity contribution is 5.85. The molecule has 2 rings (SSSR count). The maximum atomic E-state index is 11.0. The van der Waals surface area contributed by atoms with Gasteiger partial charge < -0.3 is 9.72 Å². The van der Waals surface area contributed by atoms with Crippen molar-refractivity contribution in [3.8, 4) is 0 Å². The smallest absolute Gasteiger partial charge is 0.427 e. The number of fused-ring (bicyclic) bond motifs is 1. The lowest BCUT2D eigenvalue weighted by atomic mass is 10.1. The number of H-pyrrole nitrogens is 1. The summed E-state index contributed by atoms with van der Waals surface area (Å²) in [6.07, 6.45) is 3.71. The largest absolute Gasteiger partial charge is 0.449 e. The van der Waals surface area contributed by atoms with E-state index in [2.05, 4.69) is 20.2 Å². The van der Waals surface area contributed by atoms with Crippen LogP contribution >= 0.6 is 0 Å². The van der Waals surface area contributed by atoms with Gasteiger partial charge in [0.15, 0.2) is 0 Å². The molecule has 0 spiro atoms. The van der Waals surface area contributed by atoms with Crippen molar-refractivity contribution in [2.45, 2.75) is 13.3 Å². The number of amides is 1. The number of nitrogens with one attached hydrogen (secondary N) is 2. The number of carbonyl (C=O) groups is 1. The van der Waals surface area contributed by atoms with E-state index in [1.165, 1.54) is 5.39 Å². The van der Waals surface area contributed by atoms with E-state index in [1.807, 2.05) is 30.5 Å². The molecule has 5 heteroatoms. The van der Waals surface area contributed by atoms with Crippen LogP contribution in [0.15, 0.2) is 35.6 Å². The number of nitrogens with zero attached hydrogens (tertiary/aromatic N) is 1. The molecule has 0 aliphatic heterocycles. The van der Waals surface area contributed by atoms with Gasteiger partial charge in [0.1, 0.15) is 0 Å². The van der Waals surface area contributed by atoms with Gasteiger partial charge in [-0.1, -0.05) is 18.2 Å². The Morgan fingerprint density at radius 1 is 1.50 bits per heavy atom. The maximum absolute atomic E-state index is 11.0. The molecule has 1 heterocycles. The van der Waals surface area contributed by atoms with E-state index < -0.39 is 6.09 Å². The van der Waals surface area contributed by atoms with Gasteiger partial charge in [0.2, 0.25) is 0 Å². The zero-order valence-electron chi connectivity index (χ0n) is 10.1. The van der Waals surface area contributed by atoms with E-state index >= 15 is 0 Å². The summed E-state index contributed by atoms with van der Waals surface area (Å²) in [5.74, 6) is 0. The second-order valence-corrected chi connectivity index (χ2v) is 3.71. The molecule has 1 aromatic carbocycles. The quantitative estimate of drug-likeness (QED) is 0.641. The van der Waals surface area contributed by atoms with Gasteiger partial charge in [-0.3, -0.25) is 0 Å². The first kappa shape index (κ1) is 12.2. The zero-order chi connectivity index (χ0) is 12.8. The van der Waals surface area contributed by atoms with Crippen LogP contribution in [0.2, 0.25) is 0 Å². The number of para-hydroxylation sites is 1. The molecule has 2 N–H and O–H groups in total. The SMILES string of the molecule is CCOC(=O)NN=CCc1c[nH]c2ccccc12. The average Bonchev–Trinajstić information content (AvgIpc) is 2.78. The highest BCUT2D eigenvalue weighted by Crippen LogP contribution is 2.17. The molecule has 0 bridgehead atoms. The zero-order valence-corrected chi connectivity index (χ0v) is 10.1. The third-order valence-corrected chi connectivity index (χ3v) is 2.51. The Bertz CT molecular complexity index is 560. The molecule has 0 unspecified atom stereocenters. The van der Waals surface area contributed by atoms with Crippen LogP contribution in [-0.2, 0) is 11.2 Å². The van der Waals surface area contributed by atoms with Gasteiger partial charge in [0.05, 0.1) is 6.61 Å². The molecule has 1 amide bonds. The maximum Gasteiger partial charge on any atom is 0.427 e. The van der Waals surface area contributed by atoms with Crippen LogP contribution in [0.1, 0.15) is 12.5 Å². The molecule has 0 aliphatic carbocycles. The van der Waals surface area contributed by atoms with Crippen LogP contribution < -0.4 is 5.43 Å². The van der Waals surface area contributed by atoms with Crippen LogP contribution in [0, 0.1) is 0 Å². The lowest BCUT2D eigenvalue weighted by Gasteiger charge is -1.98. The molecule has 5 nitrogen and oxygen atoms in total. The lowest BCUT2D eigenvalue weighted by Crippen LogP contribution is -2.18. The highest BCUT2D eigenvalue weighted by atomic mass is 16.5. The topological polar surface area (TPSA) is 66.5 Å². The Kier molecular flexibility index (Phi) is 3.96. The van der Waals surface area contributed by atoms with E-state index in [4.69, 9.17) is 0 Å². The van der Waals surface area contributed by atoms with Crippen LogP contribution in [0.3, 0.4) is 0 Å². The van der Waals surface area contributed by atoms with Gasteiger partial charge in [-0.15, -0.1) is 0 Å². The van der Waals surface area contributed by atoms with Crippen molar-refractivity contribution in [3.63, 3.8) is 0 Å².